The van der Waals surface area contributed by atoms with E-state index in [2.05, 4.69) is 15.3 Å². The fourth-order valence-corrected chi connectivity index (χ4v) is 3.74. The Morgan fingerprint density at radius 3 is 2.61 bits per heavy atom. The summed E-state index contributed by atoms with van der Waals surface area (Å²) < 4.78 is 4.73. The summed E-state index contributed by atoms with van der Waals surface area (Å²) in [6, 6.07) is 9.55. The van der Waals surface area contributed by atoms with Gasteiger partial charge in [-0.05, 0) is 50.1 Å². The number of methoxy groups -OCH3 is 1. The summed E-state index contributed by atoms with van der Waals surface area (Å²) >= 11 is 0. The van der Waals surface area contributed by atoms with E-state index in [9.17, 15) is 9.59 Å². The van der Waals surface area contributed by atoms with Gasteiger partial charge in [0.25, 0.3) is 0 Å². The van der Waals surface area contributed by atoms with E-state index in [0.717, 1.165) is 31.2 Å². The van der Waals surface area contributed by atoms with Crippen LogP contribution in [0.5, 0.6) is 0 Å². The van der Waals surface area contributed by atoms with Gasteiger partial charge in [-0.3, -0.25) is 4.79 Å². The number of aromatic amines is 1. The average molecular weight is 384 g/mol. The predicted molar refractivity (Wildman–Crippen MR) is 105 cm³/mol. The van der Waals surface area contributed by atoms with Crippen LogP contribution in [0.3, 0.4) is 0 Å². The maximum Gasteiger partial charge on any atom is 0.358 e. The summed E-state index contributed by atoms with van der Waals surface area (Å²) in [5.74, 6) is 0.598. The first-order valence-electron chi connectivity index (χ1n) is 9.78. The number of H-pyrrole nitrogens is 1. The summed E-state index contributed by atoms with van der Waals surface area (Å²) in [4.78, 5) is 32.0. The number of nitrogens with one attached hydrogen (secondary N) is 2. The van der Waals surface area contributed by atoms with Crippen LogP contribution < -0.4 is 11.1 Å². The van der Waals surface area contributed by atoms with Crippen molar-refractivity contribution >= 4 is 11.9 Å². The van der Waals surface area contributed by atoms with Crippen molar-refractivity contribution in [2.75, 3.05) is 13.7 Å². The van der Waals surface area contributed by atoms with Gasteiger partial charge < -0.3 is 20.8 Å². The second kappa shape index (κ2) is 9.50. The number of carbonyl (C=O) groups is 2. The molecule has 0 bridgehead atoms. The van der Waals surface area contributed by atoms with Crippen molar-refractivity contribution in [1.29, 1.82) is 0 Å². The van der Waals surface area contributed by atoms with Gasteiger partial charge in [-0.2, -0.15) is 0 Å². The minimum Gasteiger partial charge on any atom is -0.464 e. The molecule has 0 spiro atoms. The molecule has 2 aromatic rings. The fourth-order valence-electron chi connectivity index (χ4n) is 3.74. The lowest BCUT2D eigenvalue weighted by Crippen LogP contribution is -2.37. The maximum absolute atomic E-state index is 12.9. The van der Waals surface area contributed by atoms with Crippen LogP contribution in [-0.4, -0.2) is 35.5 Å². The summed E-state index contributed by atoms with van der Waals surface area (Å²) in [6.45, 7) is 0.688. The van der Waals surface area contributed by atoms with Gasteiger partial charge in [-0.25, -0.2) is 9.78 Å². The van der Waals surface area contributed by atoms with Crippen LogP contribution in [0.25, 0.3) is 0 Å². The molecule has 150 valence electrons. The summed E-state index contributed by atoms with van der Waals surface area (Å²) in [6.07, 6.45) is 5.79. The Morgan fingerprint density at radius 2 is 1.96 bits per heavy atom. The molecular formula is C21H28N4O3. The summed E-state index contributed by atoms with van der Waals surface area (Å²) in [7, 11) is 1.32. The molecule has 28 heavy (non-hydrogen) atoms. The smallest absolute Gasteiger partial charge is 0.358 e. The number of ether oxygens (including phenoxy) is 1. The number of aromatic nitrogens is 2. The van der Waals surface area contributed by atoms with E-state index in [0.29, 0.717) is 24.7 Å². The van der Waals surface area contributed by atoms with Crippen LogP contribution in [0.15, 0.2) is 36.5 Å². The van der Waals surface area contributed by atoms with E-state index in [4.69, 9.17) is 10.5 Å². The molecule has 0 aliphatic heterocycles. The molecule has 7 heteroatoms. The number of hydrogen-bond donors (Lipinski definition) is 3. The highest BCUT2D eigenvalue weighted by atomic mass is 16.5. The number of hydrogen-bond acceptors (Lipinski definition) is 5. The van der Waals surface area contributed by atoms with E-state index in [-0.39, 0.29) is 23.6 Å². The fraction of sp³-hybridized carbons (Fsp3) is 0.476. The normalized spacial score (nSPS) is 20.4. The lowest BCUT2D eigenvalue weighted by Gasteiger charge is -2.28. The highest BCUT2D eigenvalue weighted by Gasteiger charge is 2.28. The first-order chi connectivity index (χ1) is 13.6. The van der Waals surface area contributed by atoms with E-state index in [1.165, 1.54) is 13.3 Å². The molecule has 1 fully saturated rings. The maximum atomic E-state index is 12.9. The monoisotopic (exact) mass is 384 g/mol. The number of esters is 1. The molecule has 1 saturated carbocycles. The van der Waals surface area contributed by atoms with Crippen LogP contribution in [0, 0.1) is 11.8 Å². The van der Waals surface area contributed by atoms with Gasteiger partial charge in [0.2, 0.25) is 5.91 Å². The van der Waals surface area contributed by atoms with Crippen molar-refractivity contribution < 1.29 is 14.3 Å². The molecule has 4 N–H and O–H groups in total. The van der Waals surface area contributed by atoms with E-state index in [1.807, 2.05) is 30.3 Å². The Labute approximate surface area is 165 Å². The van der Waals surface area contributed by atoms with Crippen molar-refractivity contribution in [1.82, 2.24) is 15.3 Å². The molecule has 0 unspecified atom stereocenters. The van der Waals surface area contributed by atoms with Gasteiger partial charge in [0.1, 0.15) is 5.82 Å². The average Bonchev–Trinajstić information content (AvgIpc) is 3.23. The van der Waals surface area contributed by atoms with E-state index < -0.39 is 5.97 Å². The SMILES string of the molecule is COC(=O)c1c[nH]c([C@H](Cc2ccccc2)NC(=O)[C@H]2CC[C@H](CN)CC2)n1. The quantitative estimate of drug-likeness (QED) is 0.635. The minimum atomic E-state index is -0.507. The number of imidazole rings is 1. The van der Waals surface area contributed by atoms with Gasteiger partial charge in [-0.1, -0.05) is 30.3 Å². The third-order valence-corrected chi connectivity index (χ3v) is 5.47. The molecule has 1 aromatic heterocycles. The standard InChI is InChI=1S/C21H28N4O3/c1-28-21(27)18-13-23-19(24-18)17(11-14-5-3-2-4-6-14)25-20(26)16-9-7-15(12-22)8-10-16/h2-6,13,15-17H,7-12,22H2,1H3,(H,23,24)(H,25,26)/t15-,16-,17-/m0/s1. The highest BCUT2D eigenvalue weighted by Crippen LogP contribution is 2.29. The number of nitrogens with zero attached hydrogens (tertiary/aromatic N) is 1. The van der Waals surface area contributed by atoms with Crippen LogP contribution in [0.4, 0.5) is 0 Å². The molecule has 1 aromatic carbocycles. The van der Waals surface area contributed by atoms with E-state index in [1.54, 1.807) is 0 Å². The Kier molecular flexibility index (Phi) is 6.81. The van der Waals surface area contributed by atoms with Gasteiger partial charge in [0.05, 0.1) is 13.2 Å². The number of nitrogens with two attached hydrogens (primary N) is 1. The Bertz CT molecular complexity index is 782. The third-order valence-electron chi connectivity index (χ3n) is 5.47. The van der Waals surface area contributed by atoms with Crippen molar-refractivity contribution in [3.8, 4) is 0 Å². The van der Waals surface area contributed by atoms with Crippen LogP contribution >= 0.6 is 0 Å². The molecule has 0 saturated heterocycles. The van der Waals surface area contributed by atoms with Gasteiger partial charge in [-0.15, -0.1) is 0 Å². The Hall–Kier alpha value is -2.67. The second-order valence-corrected chi connectivity index (χ2v) is 7.37. The van der Waals surface area contributed by atoms with Crippen LogP contribution in [0.2, 0.25) is 0 Å². The molecule has 3 rings (SSSR count). The molecule has 1 aliphatic carbocycles. The molecule has 1 heterocycles. The zero-order chi connectivity index (χ0) is 19.9. The second-order valence-electron chi connectivity index (χ2n) is 7.37. The predicted octanol–water partition coefficient (Wildman–Crippen LogP) is 2.36. The Balaban J connectivity index is 1.73. The van der Waals surface area contributed by atoms with Crippen LogP contribution in [-0.2, 0) is 16.0 Å². The molecule has 0 radical (unpaired) electrons. The number of amides is 1. The zero-order valence-electron chi connectivity index (χ0n) is 16.2. The lowest BCUT2D eigenvalue weighted by molar-refractivity contribution is -0.127. The largest absolute Gasteiger partial charge is 0.464 e. The lowest BCUT2D eigenvalue weighted by atomic mass is 9.81. The van der Waals surface area contributed by atoms with Gasteiger partial charge in [0.15, 0.2) is 5.69 Å². The van der Waals surface area contributed by atoms with Gasteiger partial charge in [0, 0.05) is 12.1 Å². The topological polar surface area (TPSA) is 110 Å². The number of carbonyl (C=O) groups excluding carboxylic acids is 2. The molecule has 1 atom stereocenters. The van der Waals surface area contributed by atoms with Crippen LogP contribution in [0.1, 0.15) is 53.6 Å². The first kappa shape index (κ1) is 20.1. The van der Waals surface area contributed by atoms with E-state index >= 15 is 0 Å². The minimum absolute atomic E-state index is 0.00360. The summed E-state index contributed by atoms with van der Waals surface area (Å²) in [5.41, 5.74) is 7.04. The number of benzene rings is 1. The van der Waals surface area contributed by atoms with Crippen molar-refractivity contribution in [2.45, 2.75) is 38.1 Å². The molecular weight excluding hydrogens is 356 g/mol. The molecule has 1 aliphatic rings. The van der Waals surface area contributed by atoms with Crippen molar-refractivity contribution in [2.24, 2.45) is 17.6 Å². The highest BCUT2D eigenvalue weighted by molar-refractivity contribution is 5.87. The van der Waals surface area contributed by atoms with Crippen molar-refractivity contribution in [3.05, 3.63) is 53.6 Å². The Morgan fingerprint density at radius 1 is 1.25 bits per heavy atom. The first-order valence-corrected chi connectivity index (χ1v) is 9.78. The zero-order valence-corrected chi connectivity index (χ0v) is 16.2. The molecule has 1 amide bonds. The number of rotatable bonds is 7. The van der Waals surface area contributed by atoms with Crippen molar-refractivity contribution in [3.63, 3.8) is 0 Å². The van der Waals surface area contributed by atoms with Gasteiger partial charge >= 0.3 is 5.97 Å². The molecule has 7 nitrogen and oxygen atoms in total. The summed E-state index contributed by atoms with van der Waals surface area (Å²) in [5, 5.41) is 3.14. The third kappa shape index (κ3) is 4.98.